The van der Waals surface area contributed by atoms with Gasteiger partial charge in [0.25, 0.3) is 0 Å². The number of hydrogen-bond acceptors (Lipinski definition) is 4. The van der Waals surface area contributed by atoms with Crippen molar-refractivity contribution < 1.29 is 9.59 Å². The molecule has 2 aromatic carbocycles. The zero-order valence-corrected chi connectivity index (χ0v) is 17.2. The molecule has 0 aliphatic carbocycles. The maximum Gasteiger partial charge on any atom is 0.221 e. The molecule has 0 saturated carbocycles. The molecular formula is C22H23N3O2S. The lowest BCUT2D eigenvalue weighted by Gasteiger charge is -2.11. The predicted octanol–water partition coefficient (Wildman–Crippen LogP) is 5.52. The van der Waals surface area contributed by atoms with E-state index >= 15 is 0 Å². The van der Waals surface area contributed by atoms with Gasteiger partial charge in [-0.05, 0) is 29.7 Å². The lowest BCUT2D eigenvalue weighted by atomic mass is 10.0. The fourth-order valence-electron chi connectivity index (χ4n) is 2.88. The molecule has 6 heteroatoms. The molecule has 5 nitrogen and oxygen atoms in total. The van der Waals surface area contributed by atoms with Crippen LogP contribution in [-0.2, 0) is 9.59 Å². The van der Waals surface area contributed by atoms with Gasteiger partial charge in [0.1, 0.15) is 5.01 Å². The molecule has 0 saturated heterocycles. The van der Waals surface area contributed by atoms with E-state index < -0.39 is 0 Å². The largest absolute Gasteiger partial charge is 0.326 e. The maximum absolute atomic E-state index is 11.6. The highest BCUT2D eigenvalue weighted by atomic mass is 32.1. The molecule has 144 valence electrons. The Labute approximate surface area is 168 Å². The van der Waals surface area contributed by atoms with Crippen molar-refractivity contribution in [2.45, 2.75) is 33.6 Å². The second kappa shape index (κ2) is 8.35. The fraction of sp³-hybridized carbons (Fsp3) is 0.227. The summed E-state index contributed by atoms with van der Waals surface area (Å²) in [5, 5.41) is 8.46. The molecule has 0 aliphatic heterocycles. The van der Waals surface area contributed by atoms with Crippen LogP contribution in [0.15, 0.2) is 47.8 Å². The number of benzene rings is 2. The van der Waals surface area contributed by atoms with Gasteiger partial charge in [-0.3, -0.25) is 9.59 Å². The second-order valence-electron chi connectivity index (χ2n) is 6.94. The van der Waals surface area contributed by atoms with E-state index in [-0.39, 0.29) is 11.8 Å². The van der Waals surface area contributed by atoms with Gasteiger partial charge in [-0.25, -0.2) is 4.98 Å². The van der Waals surface area contributed by atoms with E-state index in [1.54, 1.807) is 23.5 Å². The van der Waals surface area contributed by atoms with Gasteiger partial charge in [0.2, 0.25) is 11.8 Å². The van der Waals surface area contributed by atoms with Crippen LogP contribution in [0.2, 0.25) is 0 Å². The first-order valence-corrected chi connectivity index (χ1v) is 9.97. The standard InChI is InChI=1S/C22H23N3O2S/c1-13(2)16-5-7-17(8-6-16)22-25-21(12-28-22)19-10-9-18(23-14(3)26)11-20(19)24-15(4)27/h5-13H,1-4H3,(H,23,26)(H,24,27). The Kier molecular flexibility index (Phi) is 5.90. The highest BCUT2D eigenvalue weighted by Gasteiger charge is 2.13. The molecule has 0 spiro atoms. The number of thiazole rings is 1. The zero-order valence-electron chi connectivity index (χ0n) is 16.4. The Hall–Kier alpha value is -2.99. The van der Waals surface area contributed by atoms with Gasteiger partial charge in [0.05, 0.1) is 11.4 Å². The van der Waals surface area contributed by atoms with Crippen LogP contribution in [0, 0.1) is 0 Å². The lowest BCUT2D eigenvalue weighted by Crippen LogP contribution is -2.09. The van der Waals surface area contributed by atoms with Crippen LogP contribution < -0.4 is 10.6 Å². The van der Waals surface area contributed by atoms with Crippen LogP contribution in [0.1, 0.15) is 39.2 Å². The summed E-state index contributed by atoms with van der Waals surface area (Å²) in [5.41, 5.74) is 5.20. The van der Waals surface area contributed by atoms with E-state index in [1.165, 1.54) is 19.4 Å². The average Bonchev–Trinajstić information content (AvgIpc) is 3.11. The molecule has 1 heterocycles. The summed E-state index contributed by atoms with van der Waals surface area (Å²) < 4.78 is 0. The SMILES string of the molecule is CC(=O)Nc1ccc(-c2csc(-c3ccc(C(C)C)cc3)n2)c(NC(C)=O)c1. The minimum atomic E-state index is -0.180. The van der Waals surface area contributed by atoms with E-state index in [1.807, 2.05) is 11.4 Å². The lowest BCUT2D eigenvalue weighted by molar-refractivity contribution is -0.115. The topological polar surface area (TPSA) is 71.1 Å². The quantitative estimate of drug-likeness (QED) is 0.600. The van der Waals surface area contributed by atoms with Gasteiger partial charge in [-0.1, -0.05) is 38.1 Å². The van der Waals surface area contributed by atoms with Gasteiger partial charge in [-0.2, -0.15) is 0 Å². The third-order valence-corrected chi connectivity index (χ3v) is 5.15. The third-order valence-electron chi connectivity index (χ3n) is 4.26. The summed E-state index contributed by atoms with van der Waals surface area (Å²) >= 11 is 1.56. The molecular weight excluding hydrogens is 370 g/mol. The smallest absolute Gasteiger partial charge is 0.221 e. The number of carbonyl (C=O) groups excluding carboxylic acids is 2. The fourth-order valence-corrected chi connectivity index (χ4v) is 3.71. The van der Waals surface area contributed by atoms with Gasteiger partial charge in [-0.15, -0.1) is 11.3 Å². The molecule has 0 atom stereocenters. The first-order chi connectivity index (χ1) is 13.3. The molecule has 2 amide bonds. The van der Waals surface area contributed by atoms with Crippen LogP contribution >= 0.6 is 11.3 Å². The Bertz CT molecular complexity index is 1010. The minimum absolute atomic E-state index is 0.165. The maximum atomic E-state index is 11.6. The summed E-state index contributed by atoms with van der Waals surface area (Å²) in [6.07, 6.45) is 0. The van der Waals surface area contributed by atoms with Crippen LogP contribution in [0.3, 0.4) is 0 Å². The molecule has 0 fully saturated rings. The van der Waals surface area contributed by atoms with Gasteiger partial charge in [0.15, 0.2) is 0 Å². The van der Waals surface area contributed by atoms with Gasteiger partial charge < -0.3 is 10.6 Å². The van der Waals surface area contributed by atoms with Crippen molar-refractivity contribution in [1.82, 2.24) is 4.98 Å². The summed E-state index contributed by atoms with van der Waals surface area (Å²) in [6.45, 7) is 7.25. The van der Waals surface area contributed by atoms with E-state index in [0.29, 0.717) is 17.3 Å². The number of nitrogens with one attached hydrogen (secondary N) is 2. The number of nitrogens with zero attached hydrogens (tertiary/aromatic N) is 1. The average molecular weight is 394 g/mol. The zero-order chi connectivity index (χ0) is 20.3. The second-order valence-corrected chi connectivity index (χ2v) is 7.80. The molecule has 1 aromatic heterocycles. The van der Waals surface area contributed by atoms with Crippen molar-refractivity contribution in [2.24, 2.45) is 0 Å². The van der Waals surface area contributed by atoms with Gasteiger partial charge in [0, 0.05) is 36.0 Å². The number of anilines is 2. The number of aromatic nitrogens is 1. The molecule has 0 aliphatic rings. The molecule has 0 radical (unpaired) electrons. The van der Waals surface area contributed by atoms with Crippen molar-refractivity contribution >= 4 is 34.5 Å². The number of carbonyl (C=O) groups is 2. The first-order valence-electron chi connectivity index (χ1n) is 9.09. The Balaban J connectivity index is 1.95. The van der Waals surface area contributed by atoms with E-state index in [9.17, 15) is 9.59 Å². The highest BCUT2D eigenvalue weighted by molar-refractivity contribution is 7.13. The molecule has 3 aromatic rings. The summed E-state index contributed by atoms with van der Waals surface area (Å²) in [5.74, 6) is 0.145. The molecule has 2 N–H and O–H groups in total. The van der Waals surface area contributed by atoms with Crippen LogP contribution in [0.4, 0.5) is 11.4 Å². The monoisotopic (exact) mass is 393 g/mol. The van der Waals surface area contributed by atoms with Crippen molar-refractivity contribution in [1.29, 1.82) is 0 Å². The van der Waals surface area contributed by atoms with E-state index in [4.69, 9.17) is 4.98 Å². The van der Waals surface area contributed by atoms with Crippen LogP contribution in [0.25, 0.3) is 21.8 Å². The highest BCUT2D eigenvalue weighted by Crippen LogP contribution is 2.34. The van der Waals surface area contributed by atoms with Crippen molar-refractivity contribution in [2.75, 3.05) is 10.6 Å². The van der Waals surface area contributed by atoms with Gasteiger partial charge >= 0.3 is 0 Å². The summed E-state index contributed by atoms with van der Waals surface area (Å²) in [7, 11) is 0. The summed E-state index contributed by atoms with van der Waals surface area (Å²) in [6, 6.07) is 13.8. The third kappa shape index (κ3) is 4.64. The first kappa shape index (κ1) is 19.8. The minimum Gasteiger partial charge on any atom is -0.326 e. The van der Waals surface area contributed by atoms with Crippen molar-refractivity contribution in [3.05, 3.63) is 53.4 Å². The Morgan fingerprint density at radius 1 is 0.964 bits per heavy atom. The molecule has 0 bridgehead atoms. The number of rotatable bonds is 5. The van der Waals surface area contributed by atoms with E-state index in [2.05, 4.69) is 48.7 Å². The van der Waals surface area contributed by atoms with Crippen molar-refractivity contribution in [3.8, 4) is 21.8 Å². The van der Waals surface area contributed by atoms with Crippen molar-refractivity contribution in [3.63, 3.8) is 0 Å². The molecule has 3 rings (SSSR count). The molecule has 0 unspecified atom stereocenters. The molecule has 28 heavy (non-hydrogen) atoms. The Morgan fingerprint density at radius 3 is 2.25 bits per heavy atom. The Morgan fingerprint density at radius 2 is 1.64 bits per heavy atom. The summed E-state index contributed by atoms with van der Waals surface area (Å²) in [4.78, 5) is 27.7. The van der Waals surface area contributed by atoms with Crippen LogP contribution in [0.5, 0.6) is 0 Å². The number of amides is 2. The normalized spacial score (nSPS) is 10.8. The van der Waals surface area contributed by atoms with E-state index in [0.717, 1.165) is 21.8 Å². The number of hydrogen-bond donors (Lipinski definition) is 2. The van der Waals surface area contributed by atoms with Crippen LogP contribution in [-0.4, -0.2) is 16.8 Å². The predicted molar refractivity (Wildman–Crippen MR) is 116 cm³/mol.